The molecule has 0 saturated heterocycles. The molecule has 7 nitrogen and oxygen atoms in total. The highest BCUT2D eigenvalue weighted by Crippen LogP contribution is 2.21. The first-order valence-corrected chi connectivity index (χ1v) is 10.2. The van der Waals surface area contributed by atoms with E-state index in [1.54, 1.807) is 11.0 Å². The van der Waals surface area contributed by atoms with Gasteiger partial charge in [0, 0.05) is 32.5 Å². The van der Waals surface area contributed by atoms with Crippen LogP contribution in [0, 0.1) is 0 Å². The molecule has 25 heavy (non-hydrogen) atoms. The van der Waals surface area contributed by atoms with E-state index < -0.39 is 10.0 Å². The lowest BCUT2D eigenvalue weighted by Crippen LogP contribution is -2.30. The van der Waals surface area contributed by atoms with Crippen LogP contribution in [0.2, 0.25) is 0 Å². The van der Waals surface area contributed by atoms with E-state index in [0.717, 1.165) is 24.3 Å². The van der Waals surface area contributed by atoms with E-state index in [4.69, 9.17) is 5.14 Å². The van der Waals surface area contributed by atoms with Crippen molar-refractivity contribution in [2.75, 3.05) is 13.1 Å². The van der Waals surface area contributed by atoms with Crippen molar-refractivity contribution in [2.45, 2.75) is 51.5 Å². The molecule has 0 aliphatic carbocycles. The van der Waals surface area contributed by atoms with Gasteiger partial charge in [0.15, 0.2) is 0 Å². The fraction of sp³-hybridized carbons (Fsp3) is 0.529. The molecule has 0 saturated carbocycles. The van der Waals surface area contributed by atoms with Gasteiger partial charge in [0.1, 0.15) is 5.82 Å². The van der Waals surface area contributed by atoms with Crippen LogP contribution in [0.25, 0.3) is 11.0 Å². The third kappa shape index (κ3) is 4.38. The van der Waals surface area contributed by atoms with Crippen molar-refractivity contribution in [3.8, 4) is 0 Å². The van der Waals surface area contributed by atoms with Crippen LogP contribution in [0.15, 0.2) is 23.1 Å². The number of benzene rings is 1. The van der Waals surface area contributed by atoms with E-state index >= 15 is 0 Å². The van der Waals surface area contributed by atoms with Crippen molar-refractivity contribution in [3.63, 3.8) is 0 Å². The third-order valence-electron chi connectivity index (χ3n) is 4.25. The van der Waals surface area contributed by atoms with E-state index in [1.165, 1.54) is 12.1 Å². The molecule has 0 unspecified atom stereocenters. The van der Waals surface area contributed by atoms with Gasteiger partial charge >= 0.3 is 0 Å². The second kappa shape index (κ2) is 7.97. The summed E-state index contributed by atoms with van der Waals surface area (Å²) in [5.74, 6) is 0.897. The molecule has 2 N–H and O–H groups in total. The lowest BCUT2D eigenvalue weighted by molar-refractivity contribution is -0.130. The summed E-state index contributed by atoms with van der Waals surface area (Å²) >= 11 is 0. The molecule has 0 aliphatic heterocycles. The van der Waals surface area contributed by atoms with Gasteiger partial charge in [0.25, 0.3) is 0 Å². The number of carbonyl (C=O) groups excluding carboxylic acids is 1. The van der Waals surface area contributed by atoms with Gasteiger partial charge in [-0.15, -0.1) is 0 Å². The molecule has 1 heterocycles. The molecule has 0 fully saturated rings. The largest absolute Gasteiger partial charge is 0.343 e. The zero-order chi connectivity index (χ0) is 18.6. The second-order valence-electron chi connectivity index (χ2n) is 5.94. The minimum Gasteiger partial charge on any atom is -0.343 e. The monoisotopic (exact) mass is 366 g/mol. The van der Waals surface area contributed by atoms with Crippen LogP contribution in [0.5, 0.6) is 0 Å². The number of fused-ring (bicyclic) bond motifs is 1. The third-order valence-corrected chi connectivity index (χ3v) is 5.16. The molecule has 2 rings (SSSR count). The number of nitrogens with two attached hydrogens (primary N) is 1. The first-order chi connectivity index (χ1) is 11.8. The SMILES string of the molecule is CCCn1c(CCC(=O)N(CC)CC)nc2cc(S(N)(=O)=O)ccc21. The first-order valence-electron chi connectivity index (χ1n) is 8.61. The van der Waals surface area contributed by atoms with Crippen LogP contribution in [-0.4, -0.2) is 41.9 Å². The summed E-state index contributed by atoms with van der Waals surface area (Å²) in [7, 11) is -3.76. The Kier molecular flexibility index (Phi) is 6.18. The number of aromatic nitrogens is 2. The minimum atomic E-state index is -3.76. The van der Waals surface area contributed by atoms with Crippen LogP contribution in [-0.2, 0) is 27.8 Å². The Bertz CT molecular complexity index is 854. The Morgan fingerprint density at radius 3 is 2.48 bits per heavy atom. The Morgan fingerprint density at radius 1 is 1.24 bits per heavy atom. The van der Waals surface area contributed by atoms with Gasteiger partial charge < -0.3 is 9.47 Å². The highest BCUT2D eigenvalue weighted by molar-refractivity contribution is 7.89. The second-order valence-corrected chi connectivity index (χ2v) is 7.50. The Balaban J connectivity index is 2.35. The summed E-state index contributed by atoms with van der Waals surface area (Å²) in [6, 6.07) is 4.72. The molecular weight excluding hydrogens is 340 g/mol. The molecule has 1 amide bonds. The molecule has 0 atom stereocenters. The fourth-order valence-corrected chi connectivity index (χ4v) is 3.49. The van der Waals surface area contributed by atoms with Gasteiger partial charge in [-0.05, 0) is 38.5 Å². The Hall–Kier alpha value is -1.93. The van der Waals surface area contributed by atoms with E-state index in [0.29, 0.717) is 31.4 Å². The van der Waals surface area contributed by atoms with Gasteiger partial charge in [0.05, 0.1) is 15.9 Å². The number of sulfonamides is 1. The average molecular weight is 366 g/mol. The van der Waals surface area contributed by atoms with Crippen molar-refractivity contribution in [1.82, 2.24) is 14.5 Å². The molecule has 0 spiro atoms. The average Bonchev–Trinajstić information content (AvgIpc) is 2.91. The maximum absolute atomic E-state index is 12.2. The quantitative estimate of drug-likeness (QED) is 0.771. The van der Waals surface area contributed by atoms with Crippen LogP contribution in [0.4, 0.5) is 0 Å². The van der Waals surface area contributed by atoms with Crippen LogP contribution >= 0.6 is 0 Å². The highest BCUT2D eigenvalue weighted by atomic mass is 32.2. The molecule has 0 aliphatic rings. The standard InChI is InChI=1S/C17H26N4O3S/c1-4-11-21-15-8-7-13(25(18,23)24)12-14(15)19-16(21)9-10-17(22)20(5-2)6-3/h7-8,12H,4-6,9-11H2,1-3H3,(H2,18,23,24). The summed E-state index contributed by atoms with van der Waals surface area (Å²) < 4.78 is 25.1. The van der Waals surface area contributed by atoms with Crippen molar-refractivity contribution in [3.05, 3.63) is 24.0 Å². The summed E-state index contributed by atoms with van der Waals surface area (Å²) in [6.45, 7) is 8.14. The molecule has 138 valence electrons. The predicted molar refractivity (Wildman–Crippen MR) is 97.6 cm³/mol. The zero-order valence-electron chi connectivity index (χ0n) is 15.0. The topological polar surface area (TPSA) is 98.3 Å². The number of imidazole rings is 1. The number of hydrogen-bond donors (Lipinski definition) is 1. The molecule has 1 aromatic carbocycles. The van der Waals surface area contributed by atoms with Crippen molar-refractivity contribution < 1.29 is 13.2 Å². The van der Waals surface area contributed by atoms with Gasteiger partial charge in [-0.1, -0.05) is 6.92 Å². The van der Waals surface area contributed by atoms with E-state index in [2.05, 4.69) is 16.5 Å². The van der Waals surface area contributed by atoms with Crippen LogP contribution in [0.3, 0.4) is 0 Å². The Morgan fingerprint density at radius 2 is 1.92 bits per heavy atom. The number of aryl methyl sites for hydroxylation is 2. The lowest BCUT2D eigenvalue weighted by Gasteiger charge is -2.18. The van der Waals surface area contributed by atoms with Crippen molar-refractivity contribution >= 4 is 27.0 Å². The van der Waals surface area contributed by atoms with Crippen LogP contribution in [0.1, 0.15) is 39.4 Å². The molecule has 0 radical (unpaired) electrons. The number of hydrogen-bond acceptors (Lipinski definition) is 4. The smallest absolute Gasteiger partial charge is 0.238 e. The predicted octanol–water partition coefficient (Wildman–Crippen LogP) is 1.89. The number of amides is 1. The summed E-state index contributed by atoms with van der Waals surface area (Å²) in [5, 5.41) is 5.20. The number of rotatable bonds is 8. The van der Waals surface area contributed by atoms with Gasteiger partial charge in [-0.2, -0.15) is 0 Å². The Labute approximate surface area is 148 Å². The van der Waals surface area contributed by atoms with E-state index in [9.17, 15) is 13.2 Å². The maximum Gasteiger partial charge on any atom is 0.238 e. The minimum absolute atomic E-state index is 0.0481. The molecule has 2 aromatic rings. The summed E-state index contributed by atoms with van der Waals surface area (Å²) in [6.07, 6.45) is 1.82. The molecule has 8 heteroatoms. The lowest BCUT2D eigenvalue weighted by atomic mass is 10.2. The van der Waals surface area contributed by atoms with E-state index in [-0.39, 0.29) is 10.8 Å². The normalized spacial score (nSPS) is 11.8. The van der Waals surface area contributed by atoms with Crippen molar-refractivity contribution in [2.24, 2.45) is 5.14 Å². The zero-order valence-corrected chi connectivity index (χ0v) is 15.8. The number of carbonyl (C=O) groups is 1. The van der Waals surface area contributed by atoms with Crippen LogP contribution < -0.4 is 5.14 Å². The molecule has 0 bridgehead atoms. The van der Waals surface area contributed by atoms with E-state index in [1.807, 2.05) is 13.8 Å². The first kappa shape index (κ1) is 19.4. The number of primary sulfonamides is 1. The summed E-state index contributed by atoms with van der Waals surface area (Å²) in [5.41, 5.74) is 1.45. The fourth-order valence-electron chi connectivity index (χ4n) is 2.95. The van der Waals surface area contributed by atoms with Gasteiger partial charge in [-0.3, -0.25) is 4.79 Å². The molecule has 1 aromatic heterocycles. The van der Waals surface area contributed by atoms with Gasteiger partial charge in [-0.25, -0.2) is 18.5 Å². The molecular formula is C17H26N4O3S. The summed E-state index contributed by atoms with van der Waals surface area (Å²) in [4.78, 5) is 18.6. The highest BCUT2D eigenvalue weighted by Gasteiger charge is 2.16. The van der Waals surface area contributed by atoms with Crippen molar-refractivity contribution in [1.29, 1.82) is 0 Å². The number of nitrogens with zero attached hydrogens (tertiary/aromatic N) is 3. The maximum atomic E-state index is 12.2. The van der Waals surface area contributed by atoms with Gasteiger partial charge in [0.2, 0.25) is 15.9 Å².